The van der Waals surface area contributed by atoms with Crippen LogP contribution in [0.3, 0.4) is 0 Å². The van der Waals surface area contributed by atoms with Gasteiger partial charge in [-0.1, -0.05) is 23.7 Å². The molecule has 0 aliphatic heterocycles. The lowest BCUT2D eigenvalue weighted by molar-refractivity contribution is -0.131. The first-order valence-corrected chi connectivity index (χ1v) is 5.48. The van der Waals surface area contributed by atoms with Gasteiger partial charge in [0.1, 0.15) is 0 Å². The molecule has 0 saturated carbocycles. The van der Waals surface area contributed by atoms with E-state index in [1.165, 1.54) is 11.8 Å². The van der Waals surface area contributed by atoms with E-state index in [0.29, 0.717) is 9.93 Å². The molecule has 0 saturated heterocycles. The number of hydrogen-bond acceptors (Lipinski definition) is 2. The van der Waals surface area contributed by atoms with Crippen LogP contribution in [0.2, 0.25) is 5.02 Å². The zero-order valence-corrected chi connectivity index (χ0v) is 9.10. The number of benzene rings is 1. The fourth-order valence-corrected chi connectivity index (χ4v) is 1.47. The van der Waals surface area contributed by atoms with Crippen molar-refractivity contribution < 1.29 is 9.90 Å². The Balaban J connectivity index is 2.95. The number of carboxylic acids is 1. The normalized spacial score (nSPS) is 11.4. The molecule has 2 nitrogen and oxygen atoms in total. The number of aliphatic carboxylic acids is 1. The fraction of sp³-hybridized carbons (Fsp3) is 0.100. The molecular formula is C10H9ClO2S. The van der Waals surface area contributed by atoms with Gasteiger partial charge in [-0.15, -0.1) is 11.8 Å². The van der Waals surface area contributed by atoms with E-state index in [2.05, 4.69) is 0 Å². The van der Waals surface area contributed by atoms with Gasteiger partial charge >= 0.3 is 5.97 Å². The van der Waals surface area contributed by atoms with Crippen LogP contribution in [0.25, 0.3) is 6.08 Å². The van der Waals surface area contributed by atoms with Gasteiger partial charge in [0.2, 0.25) is 0 Å². The number of hydrogen-bond donors (Lipinski definition) is 1. The Morgan fingerprint density at radius 2 is 2.00 bits per heavy atom. The molecular weight excluding hydrogens is 220 g/mol. The second kappa shape index (κ2) is 5.08. The summed E-state index contributed by atoms with van der Waals surface area (Å²) in [6, 6.07) is 7.02. The molecule has 1 N–H and O–H groups in total. The Morgan fingerprint density at radius 1 is 1.43 bits per heavy atom. The summed E-state index contributed by atoms with van der Waals surface area (Å²) in [5.41, 5.74) is 0.834. The smallest absolute Gasteiger partial charge is 0.342 e. The molecule has 0 bridgehead atoms. The molecule has 0 aromatic heterocycles. The molecule has 14 heavy (non-hydrogen) atoms. The van der Waals surface area contributed by atoms with Crippen LogP contribution in [0.4, 0.5) is 0 Å². The molecule has 4 heteroatoms. The van der Waals surface area contributed by atoms with E-state index in [-0.39, 0.29) is 0 Å². The van der Waals surface area contributed by atoms with Gasteiger partial charge in [-0.3, -0.25) is 0 Å². The number of carboxylic acid groups (broad SMARTS) is 1. The maximum absolute atomic E-state index is 10.7. The fourth-order valence-electron chi connectivity index (χ4n) is 0.918. The maximum atomic E-state index is 10.7. The Labute approximate surface area is 91.6 Å². The number of carbonyl (C=O) groups is 1. The van der Waals surface area contributed by atoms with Gasteiger partial charge in [0.15, 0.2) is 0 Å². The van der Waals surface area contributed by atoms with Gasteiger partial charge in [0.25, 0.3) is 0 Å². The second-order valence-corrected chi connectivity index (χ2v) is 3.85. The first-order chi connectivity index (χ1) is 6.63. The van der Waals surface area contributed by atoms with Gasteiger partial charge in [-0.25, -0.2) is 4.79 Å². The predicted octanol–water partition coefficient (Wildman–Crippen LogP) is 3.13. The molecule has 0 amide bonds. The highest BCUT2D eigenvalue weighted by molar-refractivity contribution is 8.03. The molecule has 0 fully saturated rings. The molecule has 0 atom stereocenters. The lowest BCUT2D eigenvalue weighted by Crippen LogP contribution is -1.95. The van der Waals surface area contributed by atoms with Crippen molar-refractivity contribution in [3.05, 3.63) is 39.8 Å². The quantitative estimate of drug-likeness (QED) is 0.808. The molecule has 1 aromatic carbocycles. The van der Waals surface area contributed by atoms with Gasteiger partial charge in [0, 0.05) is 5.02 Å². The zero-order chi connectivity index (χ0) is 10.6. The van der Waals surface area contributed by atoms with Gasteiger partial charge in [0.05, 0.1) is 4.91 Å². The number of rotatable bonds is 3. The molecule has 0 aliphatic carbocycles. The average Bonchev–Trinajstić information content (AvgIpc) is 2.16. The standard InChI is InChI=1S/C10H9ClO2S/c1-14-9(10(12)13)6-7-2-4-8(11)5-3-7/h2-6H,1H3,(H,12,13). The van der Waals surface area contributed by atoms with Crippen LogP contribution in [0.1, 0.15) is 5.56 Å². The SMILES string of the molecule is CSC(=Cc1ccc(Cl)cc1)C(=O)O. The van der Waals surface area contributed by atoms with Crippen LogP contribution in [0.5, 0.6) is 0 Å². The summed E-state index contributed by atoms with van der Waals surface area (Å²) in [5, 5.41) is 9.42. The third-order valence-corrected chi connectivity index (χ3v) is 2.58. The lowest BCUT2D eigenvalue weighted by atomic mass is 10.2. The minimum absolute atomic E-state index is 0.312. The Bertz CT molecular complexity index is 357. The zero-order valence-electron chi connectivity index (χ0n) is 7.53. The van der Waals surface area contributed by atoms with Crippen molar-refractivity contribution >= 4 is 35.4 Å². The molecule has 0 heterocycles. The summed E-state index contributed by atoms with van der Waals surface area (Å²) in [4.78, 5) is 11.0. The Morgan fingerprint density at radius 3 is 2.43 bits per heavy atom. The molecule has 1 aromatic rings. The van der Waals surface area contributed by atoms with Gasteiger partial charge in [-0.2, -0.15) is 0 Å². The van der Waals surface area contributed by atoms with E-state index < -0.39 is 5.97 Å². The molecule has 74 valence electrons. The average molecular weight is 229 g/mol. The maximum Gasteiger partial charge on any atom is 0.342 e. The van der Waals surface area contributed by atoms with Crippen LogP contribution < -0.4 is 0 Å². The lowest BCUT2D eigenvalue weighted by Gasteiger charge is -1.98. The summed E-state index contributed by atoms with van der Waals surface area (Å²) in [7, 11) is 0. The minimum atomic E-state index is -0.910. The minimum Gasteiger partial charge on any atom is -0.477 e. The molecule has 1 rings (SSSR count). The van der Waals surface area contributed by atoms with Crippen molar-refractivity contribution in [2.24, 2.45) is 0 Å². The topological polar surface area (TPSA) is 37.3 Å². The monoisotopic (exact) mass is 228 g/mol. The first-order valence-electron chi connectivity index (χ1n) is 3.88. The highest BCUT2D eigenvalue weighted by atomic mass is 35.5. The predicted molar refractivity (Wildman–Crippen MR) is 60.6 cm³/mol. The third kappa shape index (κ3) is 3.09. The van der Waals surface area contributed by atoms with E-state index in [9.17, 15) is 4.79 Å². The second-order valence-electron chi connectivity index (χ2n) is 2.57. The van der Waals surface area contributed by atoms with Crippen LogP contribution in [0, 0.1) is 0 Å². The van der Waals surface area contributed by atoms with Crippen molar-refractivity contribution in [2.45, 2.75) is 0 Å². The van der Waals surface area contributed by atoms with Crippen molar-refractivity contribution in [3.63, 3.8) is 0 Å². The van der Waals surface area contributed by atoms with Crippen molar-refractivity contribution in [3.8, 4) is 0 Å². The molecule has 0 radical (unpaired) electrons. The van der Waals surface area contributed by atoms with E-state index in [1.54, 1.807) is 36.6 Å². The molecule has 0 unspecified atom stereocenters. The van der Waals surface area contributed by atoms with Gasteiger partial charge in [-0.05, 0) is 30.0 Å². The highest BCUT2D eigenvalue weighted by Crippen LogP contribution is 2.18. The first kappa shape index (κ1) is 11.1. The molecule has 0 aliphatic rings. The van der Waals surface area contributed by atoms with E-state index in [4.69, 9.17) is 16.7 Å². The summed E-state index contributed by atoms with van der Waals surface area (Å²) in [6.45, 7) is 0. The summed E-state index contributed by atoms with van der Waals surface area (Å²) in [5.74, 6) is -0.910. The number of halogens is 1. The summed E-state index contributed by atoms with van der Waals surface area (Å²) < 4.78 is 0. The Hall–Kier alpha value is -0.930. The third-order valence-electron chi connectivity index (χ3n) is 1.60. The summed E-state index contributed by atoms with van der Waals surface area (Å²) >= 11 is 6.91. The van der Waals surface area contributed by atoms with E-state index >= 15 is 0 Å². The van der Waals surface area contributed by atoms with Crippen molar-refractivity contribution in [1.29, 1.82) is 0 Å². The van der Waals surface area contributed by atoms with E-state index in [1.807, 2.05) is 0 Å². The van der Waals surface area contributed by atoms with Crippen LogP contribution in [-0.4, -0.2) is 17.3 Å². The molecule has 0 spiro atoms. The summed E-state index contributed by atoms with van der Waals surface area (Å²) in [6.07, 6.45) is 3.35. The van der Waals surface area contributed by atoms with Crippen LogP contribution in [0.15, 0.2) is 29.2 Å². The van der Waals surface area contributed by atoms with Crippen molar-refractivity contribution in [2.75, 3.05) is 6.26 Å². The van der Waals surface area contributed by atoms with Crippen LogP contribution in [-0.2, 0) is 4.79 Å². The van der Waals surface area contributed by atoms with Crippen LogP contribution >= 0.6 is 23.4 Å². The van der Waals surface area contributed by atoms with E-state index in [0.717, 1.165) is 5.56 Å². The highest BCUT2D eigenvalue weighted by Gasteiger charge is 2.04. The van der Waals surface area contributed by atoms with Crippen molar-refractivity contribution in [1.82, 2.24) is 0 Å². The Kier molecular flexibility index (Phi) is 4.04. The largest absolute Gasteiger partial charge is 0.477 e. The number of thioether (sulfide) groups is 1. The van der Waals surface area contributed by atoms with Gasteiger partial charge < -0.3 is 5.11 Å².